The van der Waals surface area contributed by atoms with Crippen LogP contribution in [-0.2, 0) is 16.0 Å². The Balaban J connectivity index is 2.19. The summed E-state index contributed by atoms with van der Waals surface area (Å²) in [5.74, 6) is -0.112. The van der Waals surface area contributed by atoms with Gasteiger partial charge < -0.3 is 4.74 Å². The van der Waals surface area contributed by atoms with Crippen LogP contribution >= 0.6 is 0 Å². The fourth-order valence-corrected chi connectivity index (χ4v) is 1.31. The van der Waals surface area contributed by atoms with Crippen molar-refractivity contribution >= 4 is 5.97 Å². The van der Waals surface area contributed by atoms with Crippen LogP contribution in [0, 0.1) is 0 Å². The van der Waals surface area contributed by atoms with Crippen LogP contribution in [0.3, 0.4) is 0 Å². The molecule has 1 aromatic heterocycles. The highest BCUT2D eigenvalue weighted by Crippen LogP contribution is 2.04. The van der Waals surface area contributed by atoms with Crippen molar-refractivity contribution in [3.05, 3.63) is 30.1 Å². The summed E-state index contributed by atoms with van der Waals surface area (Å²) in [7, 11) is 0. The molecule has 0 bridgehead atoms. The molecule has 15 heavy (non-hydrogen) atoms. The Morgan fingerprint density at radius 1 is 1.40 bits per heavy atom. The first-order valence-electron chi connectivity index (χ1n) is 5.27. The first kappa shape index (κ1) is 11.7. The molecule has 0 aliphatic carbocycles. The predicted octanol–water partition coefficient (Wildman–Crippen LogP) is 2.36. The van der Waals surface area contributed by atoms with Crippen molar-refractivity contribution in [1.82, 2.24) is 4.98 Å². The monoisotopic (exact) mass is 207 g/mol. The molecule has 0 fully saturated rings. The number of ether oxygens (including phenoxy) is 1. The molecule has 0 saturated heterocycles. The fraction of sp³-hybridized carbons (Fsp3) is 0.500. The van der Waals surface area contributed by atoms with Crippen LogP contribution in [-0.4, -0.2) is 17.1 Å². The molecule has 82 valence electrons. The highest BCUT2D eigenvalue weighted by atomic mass is 16.5. The number of pyridine rings is 1. The molecule has 0 atom stereocenters. The molecule has 0 saturated carbocycles. The summed E-state index contributed by atoms with van der Waals surface area (Å²) in [5, 5.41) is 0. The van der Waals surface area contributed by atoms with Crippen molar-refractivity contribution in [1.29, 1.82) is 0 Å². The van der Waals surface area contributed by atoms with Gasteiger partial charge in [0.15, 0.2) is 0 Å². The lowest BCUT2D eigenvalue weighted by Crippen LogP contribution is -2.11. The summed E-state index contributed by atoms with van der Waals surface area (Å²) in [6, 6.07) is 3.93. The van der Waals surface area contributed by atoms with Gasteiger partial charge in [-0.3, -0.25) is 9.78 Å². The number of carbonyl (C=O) groups is 1. The maximum Gasteiger partial charge on any atom is 0.306 e. The van der Waals surface area contributed by atoms with E-state index in [-0.39, 0.29) is 12.1 Å². The lowest BCUT2D eigenvalue weighted by molar-refractivity contribution is -0.147. The molecule has 0 aliphatic heterocycles. The van der Waals surface area contributed by atoms with E-state index in [0.29, 0.717) is 6.42 Å². The first-order chi connectivity index (χ1) is 7.18. The van der Waals surface area contributed by atoms with Crippen LogP contribution in [0.15, 0.2) is 24.5 Å². The van der Waals surface area contributed by atoms with Crippen LogP contribution in [0.25, 0.3) is 0 Å². The van der Waals surface area contributed by atoms with Gasteiger partial charge in [0.2, 0.25) is 0 Å². The fourth-order valence-electron chi connectivity index (χ4n) is 1.31. The van der Waals surface area contributed by atoms with Crippen LogP contribution in [0.4, 0.5) is 0 Å². The Morgan fingerprint density at radius 2 is 2.07 bits per heavy atom. The van der Waals surface area contributed by atoms with Crippen molar-refractivity contribution in [2.75, 3.05) is 0 Å². The normalized spacial score (nSPS) is 10.3. The van der Waals surface area contributed by atoms with Crippen LogP contribution in [0.5, 0.6) is 0 Å². The molecule has 1 rings (SSSR count). The van der Waals surface area contributed by atoms with E-state index < -0.39 is 0 Å². The highest BCUT2D eigenvalue weighted by molar-refractivity contribution is 5.69. The lowest BCUT2D eigenvalue weighted by Gasteiger charge is -2.07. The largest absolute Gasteiger partial charge is 0.463 e. The third kappa shape index (κ3) is 5.15. The summed E-state index contributed by atoms with van der Waals surface area (Å²) in [4.78, 5) is 15.1. The van der Waals surface area contributed by atoms with E-state index in [4.69, 9.17) is 4.74 Å². The number of nitrogens with zero attached hydrogens (tertiary/aromatic N) is 1. The van der Waals surface area contributed by atoms with Gasteiger partial charge in [0, 0.05) is 18.8 Å². The zero-order valence-electron chi connectivity index (χ0n) is 9.27. The van der Waals surface area contributed by atoms with Gasteiger partial charge in [-0.05, 0) is 44.4 Å². The van der Waals surface area contributed by atoms with Crippen LogP contribution in [0.2, 0.25) is 0 Å². The molecule has 3 heteroatoms. The van der Waals surface area contributed by atoms with E-state index in [9.17, 15) is 4.79 Å². The number of aromatic nitrogens is 1. The number of aryl methyl sites for hydroxylation is 1. The second-order valence-electron chi connectivity index (χ2n) is 3.75. The topological polar surface area (TPSA) is 39.2 Å². The Labute approximate surface area is 90.5 Å². The molecule has 0 aromatic carbocycles. The molecular weight excluding hydrogens is 190 g/mol. The Hall–Kier alpha value is -1.38. The van der Waals surface area contributed by atoms with E-state index in [1.807, 2.05) is 26.0 Å². The minimum absolute atomic E-state index is 0.0153. The minimum Gasteiger partial charge on any atom is -0.463 e. The van der Waals surface area contributed by atoms with Crippen LogP contribution in [0.1, 0.15) is 32.3 Å². The number of esters is 1. The second kappa shape index (κ2) is 6.17. The van der Waals surface area contributed by atoms with E-state index in [0.717, 1.165) is 12.8 Å². The second-order valence-corrected chi connectivity index (χ2v) is 3.75. The van der Waals surface area contributed by atoms with Crippen molar-refractivity contribution < 1.29 is 9.53 Å². The average molecular weight is 207 g/mol. The number of rotatable bonds is 5. The van der Waals surface area contributed by atoms with Crippen molar-refractivity contribution in [3.8, 4) is 0 Å². The van der Waals surface area contributed by atoms with E-state index in [2.05, 4.69) is 4.98 Å². The van der Waals surface area contributed by atoms with Gasteiger partial charge in [-0.1, -0.05) is 0 Å². The van der Waals surface area contributed by atoms with Gasteiger partial charge >= 0.3 is 5.97 Å². The molecular formula is C12H17NO2. The zero-order chi connectivity index (χ0) is 11.1. The standard InChI is InChI=1S/C12H17NO2/c1-10(2)15-12(14)5-3-4-11-6-8-13-9-7-11/h6-10H,3-5H2,1-2H3. The lowest BCUT2D eigenvalue weighted by atomic mass is 10.1. The third-order valence-electron chi connectivity index (χ3n) is 1.96. The molecule has 0 amide bonds. The summed E-state index contributed by atoms with van der Waals surface area (Å²) in [5.41, 5.74) is 1.21. The smallest absolute Gasteiger partial charge is 0.306 e. The Morgan fingerprint density at radius 3 is 2.67 bits per heavy atom. The highest BCUT2D eigenvalue weighted by Gasteiger charge is 2.04. The quantitative estimate of drug-likeness (QED) is 0.696. The average Bonchev–Trinajstić information content (AvgIpc) is 2.18. The van der Waals surface area contributed by atoms with E-state index in [1.165, 1.54) is 5.56 Å². The zero-order valence-corrected chi connectivity index (χ0v) is 9.27. The predicted molar refractivity (Wildman–Crippen MR) is 58.4 cm³/mol. The molecule has 0 unspecified atom stereocenters. The van der Waals surface area contributed by atoms with Crippen molar-refractivity contribution in [2.24, 2.45) is 0 Å². The molecule has 1 heterocycles. The molecule has 3 nitrogen and oxygen atoms in total. The summed E-state index contributed by atoms with van der Waals surface area (Å²) in [6.45, 7) is 3.72. The maximum atomic E-state index is 11.2. The van der Waals surface area contributed by atoms with E-state index in [1.54, 1.807) is 12.4 Å². The summed E-state index contributed by atoms with van der Waals surface area (Å²) < 4.78 is 5.04. The van der Waals surface area contributed by atoms with E-state index >= 15 is 0 Å². The summed E-state index contributed by atoms with van der Waals surface area (Å²) in [6.07, 6.45) is 5.73. The third-order valence-corrected chi connectivity index (χ3v) is 1.96. The molecule has 0 radical (unpaired) electrons. The first-order valence-corrected chi connectivity index (χ1v) is 5.27. The number of hydrogen-bond acceptors (Lipinski definition) is 3. The number of carbonyl (C=O) groups excluding carboxylic acids is 1. The van der Waals surface area contributed by atoms with Gasteiger partial charge in [-0.15, -0.1) is 0 Å². The minimum atomic E-state index is -0.112. The number of hydrogen-bond donors (Lipinski definition) is 0. The van der Waals surface area contributed by atoms with Gasteiger partial charge in [0.25, 0.3) is 0 Å². The Kier molecular flexibility index (Phi) is 4.81. The molecule has 0 spiro atoms. The van der Waals surface area contributed by atoms with Gasteiger partial charge in [-0.2, -0.15) is 0 Å². The molecule has 0 N–H and O–H groups in total. The SMILES string of the molecule is CC(C)OC(=O)CCCc1ccncc1. The van der Waals surface area contributed by atoms with Gasteiger partial charge in [0.1, 0.15) is 0 Å². The molecule has 0 aliphatic rings. The van der Waals surface area contributed by atoms with Gasteiger partial charge in [-0.25, -0.2) is 0 Å². The molecule has 1 aromatic rings. The Bertz CT molecular complexity index is 296. The van der Waals surface area contributed by atoms with Crippen molar-refractivity contribution in [3.63, 3.8) is 0 Å². The summed E-state index contributed by atoms with van der Waals surface area (Å²) >= 11 is 0. The van der Waals surface area contributed by atoms with Crippen molar-refractivity contribution in [2.45, 2.75) is 39.2 Å². The van der Waals surface area contributed by atoms with Gasteiger partial charge in [0.05, 0.1) is 6.10 Å². The van der Waals surface area contributed by atoms with Crippen LogP contribution < -0.4 is 0 Å². The maximum absolute atomic E-state index is 11.2.